The number of aryl methyl sites for hydroxylation is 3. The van der Waals surface area contributed by atoms with E-state index >= 15 is 0 Å². The van der Waals surface area contributed by atoms with Gasteiger partial charge in [0, 0.05) is 23.0 Å². The van der Waals surface area contributed by atoms with E-state index in [4.69, 9.17) is 5.11 Å². The summed E-state index contributed by atoms with van der Waals surface area (Å²) in [5, 5.41) is 10.4. The summed E-state index contributed by atoms with van der Waals surface area (Å²) in [5.74, 6) is -0.904. The Morgan fingerprint density at radius 1 is 1.39 bits per heavy atom. The van der Waals surface area contributed by atoms with E-state index in [1.165, 1.54) is 27.6 Å². The van der Waals surface area contributed by atoms with Gasteiger partial charge in [-0.05, 0) is 43.9 Å². The molecule has 2 N–H and O–H groups in total. The topological polar surface area (TPSA) is 53.1 Å². The minimum Gasteiger partial charge on any atom is -0.481 e. The van der Waals surface area contributed by atoms with E-state index in [-0.39, 0.29) is 5.92 Å². The molecule has 1 aliphatic carbocycles. The van der Waals surface area contributed by atoms with Crippen LogP contribution >= 0.6 is 0 Å². The molecule has 1 aromatic carbocycles. The van der Waals surface area contributed by atoms with Gasteiger partial charge in [0.25, 0.3) is 0 Å². The number of benzene rings is 1. The lowest BCUT2D eigenvalue weighted by Crippen LogP contribution is -2.21. The summed E-state index contributed by atoms with van der Waals surface area (Å²) >= 11 is 0. The molecule has 1 heterocycles. The van der Waals surface area contributed by atoms with Crippen molar-refractivity contribution in [3.63, 3.8) is 0 Å². The SMILES string of the molecule is Cc1cc(C)c2[nH]c3c(c2c1)CCC(C(=O)O)C3. The standard InChI is InChI=1S/C15H17NO2/c1-8-5-9(2)14-12(6-8)11-4-3-10(15(17)18)7-13(11)16-14/h5-6,10,16H,3-4,7H2,1-2H3,(H,17,18). The normalized spacial score (nSPS) is 18.9. The summed E-state index contributed by atoms with van der Waals surface area (Å²) in [7, 11) is 0. The van der Waals surface area contributed by atoms with Crippen molar-refractivity contribution >= 4 is 16.9 Å². The van der Waals surface area contributed by atoms with Gasteiger partial charge in [0.1, 0.15) is 0 Å². The minimum absolute atomic E-state index is 0.230. The van der Waals surface area contributed by atoms with Crippen LogP contribution in [0.5, 0.6) is 0 Å². The maximum Gasteiger partial charge on any atom is 0.306 e. The van der Waals surface area contributed by atoms with Gasteiger partial charge in [-0.2, -0.15) is 0 Å². The zero-order valence-electron chi connectivity index (χ0n) is 10.7. The first-order chi connectivity index (χ1) is 8.56. The largest absolute Gasteiger partial charge is 0.481 e. The number of aliphatic carboxylic acids is 1. The molecule has 2 aromatic rings. The number of aromatic amines is 1. The Morgan fingerprint density at radius 2 is 2.17 bits per heavy atom. The lowest BCUT2D eigenvalue weighted by Gasteiger charge is -2.18. The zero-order valence-corrected chi connectivity index (χ0v) is 10.7. The summed E-state index contributed by atoms with van der Waals surface area (Å²) in [5.41, 5.74) is 6.14. The molecule has 0 spiro atoms. The van der Waals surface area contributed by atoms with Crippen LogP contribution in [-0.2, 0) is 17.6 Å². The van der Waals surface area contributed by atoms with Crippen LogP contribution < -0.4 is 0 Å². The number of nitrogens with one attached hydrogen (secondary N) is 1. The highest BCUT2D eigenvalue weighted by atomic mass is 16.4. The van der Waals surface area contributed by atoms with Crippen molar-refractivity contribution in [1.82, 2.24) is 4.98 Å². The quantitative estimate of drug-likeness (QED) is 0.809. The van der Waals surface area contributed by atoms with Crippen LogP contribution in [0.25, 0.3) is 10.9 Å². The lowest BCUT2D eigenvalue weighted by molar-refractivity contribution is -0.142. The van der Waals surface area contributed by atoms with Crippen LogP contribution in [0.4, 0.5) is 0 Å². The van der Waals surface area contributed by atoms with Gasteiger partial charge >= 0.3 is 5.97 Å². The number of fused-ring (bicyclic) bond motifs is 3. The van der Waals surface area contributed by atoms with Gasteiger partial charge in [-0.3, -0.25) is 4.79 Å². The number of hydrogen-bond donors (Lipinski definition) is 2. The van der Waals surface area contributed by atoms with Crippen molar-refractivity contribution in [2.45, 2.75) is 33.1 Å². The molecule has 1 unspecified atom stereocenters. The molecule has 0 amide bonds. The molecule has 3 heteroatoms. The smallest absolute Gasteiger partial charge is 0.306 e. The summed E-state index contributed by atoms with van der Waals surface area (Å²) in [6.07, 6.45) is 2.26. The number of hydrogen-bond acceptors (Lipinski definition) is 1. The van der Waals surface area contributed by atoms with E-state index in [2.05, 4.69) is 31.0 Å². The van der Waals surface area contributed by atoms with Crippen LogP contribution in [0, 0.1) is 19.8 Å². The van der Waals surface area contributed by atoms with E-state index in [0.717, 1.165) is 18.5 Å². The molecular formula is C15H17NO2. The lowest BCUT2D eigenvalue weighted by atomic mass is 9.86. The van der Waals surface area contributed by atoms with Crippen LogP contribution in [0.15, 0.2) is 12.1 Å². The monoisotopic (exact) mass is 243 g/mol. The Hall–Kier alpha value is -1.77. The molecule has 94 valence electrons. The average Bonchev–Trinajstić information content (AvgIpc) is 2.67. The van der Waals surface area contributed by atoms with E-state index in [1.807, 2.05) is 0 Å². The maximum absolute atomic E-state index is 11.1. The van der Waals surface area contributed by atoms with Crippen LogP contribution in [0.2, 0.25) is 0 Å². The number of rotatable bonds is 1. The second kappa shape index (κ2) is 3.87. The predicted molar refractivity (Wildman–Crippen MR) is 70.9 cm³/mol. The molecule has 1 aromatic heterocycles. The van der Waals surface area contributed by atoms with Gasteiger partial charge in [0.15, 0.2) is 0 Å². The highest BCUT2D eigenvalue weighted by molar-refractivity contribution is 5.88. The van der Waals surface area contributed by atoms with Gasteiger partial charge in [-0.25, -0.2) is 0 Å². The molecule has 18 heavy (non-hydrogen) atoms. The molecule has 0 aliphatic heterocycles. The second-order valence-electron chi connectivity index (χ2n) is 5.36. The highest BCUT2D eigenvalue weighted by Gasteiger charge is 2.27. The van der Waals surface area contributed by atoms with Crippen molar-refractivity contribution in [3.8, 4) is 0 Å². The number of H-pyrrole nitrogens is 1. The Kier molecular flexibility index (Phi) is 2.44. The molecule has 0 radical (unpaired) electrons. The average molecular weight is 243 g/mol. The number of carbonyl (C=O) groups is 1. The van der Waals surface area contributed by atoms with Crippen molar-refractivity contribution in [2.24, 2.45) is 5.92 Å². The Bertz CT molecular complexity index is 639. The molecular weight excluding hydrogens is 226 g/mol. The summed E-state index contributed by atoms with van der Waals surface area (Å²) in [4.78, 5) is 14.5. The molecule has 1 aliphatic rings. The Morgan fingerprint density at radius 3 is 2.89 bits per heavy atom. The van der Waals surface area contributed by atoms with Crippen molar-refractivity contribution in [2.75, 3.05) is 0 Å². The van der Waals surface area contributed by atoms with Crippen LogP contribution in [0.3, 0.4) is 0 Å². The van der Waals surface area contributed by atoms with E-state index in [1.54, 1.807) is 0 Å². The first-order valence-electron chi connectivity index (χ1n) is 6.39. The maximum atomic E-state index is 11.1. The number of carboxylic acid groups (broad SMARTS) is 1. The second-order valence-corrected chi connectivity index (χ2v) is 5.36. The number of aromatic nitrogens is 1. The van der Waals surface area contributed by atoms with Crippen molar-refractivity contribution in [3.05, 3.63) is 34.5 Å². The van der Waals surface area contributed by atoms with Gasteiger partial charge in [0.2, 0.25) is 0 Å². The minimum atomic E-state index is -0.674. The Labute approximate surface area is 106 Å². The van der Waals surface area contributed by atoms with Gasteiger partial charge in [-0.1, -0.05) is 11.6 Å². The molecule has 1 atom stereocenters. The third-order valence-electron chi connectivity index (χ3n) is 3.99. The predicted octanol–water partition coefficient (Wildman–Crippen LogP) is 2.97. The molecule has 3 nitrogen and oxygen atoms in total. The summed E-state index contributed by atoms with van der Waals surface area (Å²) in [6.45, 7) is 4.21. The highest BCUT2D eigenvalue weighted by Crippen LogP contribution is 2.33. The first-order valence-corrected chi connectivity index (χ1v) is 6.39. The fraction of sp³-hybridized carbons (Fsp3) is 0.400. The molecule has 0 fully saturated rings. The zero-order chi connectivity index (χ0) is 12.9. The molecule has 0 saturated heterocycles. The molecule has 3 rings (SSSR count). The van der Waals surface area contributed by atoms with Gasteiger partial charge < -0.3 is 10.1 Å². The van der Waals surface area contributed by atoms with E-state index in [9.17, 15) is 4.79 Å². The Balaban J connectivity index is 2.15. The third-order valence-corrected chi connectivity index (χ3v) is 3.99. The fourth-order valence-corrected chi connectivity index (χ4v) is 3.10. The van der Waals surface area contributed by atoms with Crippen molar-refractivity contribution < 1.29 is 9.90 Å². The van der Waals surface area contributed by atoms with Crippen LogP contribution in [0.1, 0.15) is 28.8 Å². The summed E-state index contributed by atoms with van der Waals surface area (Å²) < 4.78 is 0. The first kappa shape index (κ1) is 11.3. The van der Waals surface area contributed by atoms with E-state index < -0.39 is 5.97 Å². The number of carboxylic acids is 1. The third kappa shape index (κ3) is 1.62. The van der Waals surface area contributed by atoms with Crippen molar-refractivity contribution in [1.29, 1.82) is 0 Å². The van der Waals surface area contributed by atoms with Gasteiger partial charge in [-0.15, -0.1) is 0 Å². The molecule has 0 saturated carbocycles. The van der Waals surface area contributed by atoms with E-state index in [0.29, 0.717) is 6.42 Å². The fourth-order valence-electron chi connectivity index (χ4n) is 3.10. The molecule has 0 bridgehead atoms. The van der Waals surface area contributed by atoms with Crippen LogP contribution in [-0.4, -0.2) is 16.1 Å². The summed E-state index contributed by atoms with van der Waals surface area (Å²) in [6, 6.07) is 4.37. The van der Waals surface area contributed by atoms with Gasteiger partial charge in [0.05, 0.1) is 5.92 Å².